The maximum absolute atomic E-state index is 5.28. The molecule has 10 heavy (non-hydrogen) atoms. The van der Waals surface area contributed by atoms with Crippen molar-refractivity contribution >= 4 is 0 Å². The molecular weight excluding hydrogens is 132 g/mol. The van der Waals surface area contributed by atoms with E-state index in [1.165, 1.54) is 0 Å². The normalized spacial score (nSPS) is 23.7. The molecule has 0 aliphatic carbocycles. The topological polar surface area (TPSA) is 27.7 Å². The molecule has 0 spiro atoms. The average molecular weight is 146 g/mol. The molecule has 1 fully saturated rings. The van der Waals surface area contributed by atoms with E-state index < -0.39 is 0 Å². The molecule has 0 unspecified atom stereocenters. The monoisotopic (exact) mass is 146 g/mol. The fourth-order valence-electron chi connectivity index (χ4n) is 0.863. The van der Waals surface area contributed by atoms with Crippen LogP contribution in [-0.2, 0) is 14.2 Å². The zero-order valence-corrected chi connectivity index (χ0v) is 6.34. The van der Waals surface area contributed by atoms with E-state index in [2.05, 4.69) is 0 Å². The molecule has 1 heterocycles. The van der Waals surface area contributed by atoms with Gasteiger partial charge in [0.15, 0.2) is 6.29 Å². The number of ether oxygens (including phenoxy) is 3. The lowest BCUT2D eigenvalue weighted by atomic mass is 10.4. The highest BCUT2D eigenvalue weighted by Crippen LogP contribution is 2.01. The predicted molar refractivity (Wildman–Crippen MR) is 36.8 cm³/mol. The Morgan fingerprint density at radius 1 is 1.10 bits per heavy atom. The van der Waals surface area contributed by atoms with Crippen LogP contribution in [0.15, 0.2) is 0 Å². The molecule has 1 saturated heterocycles. The van der Waals surface area contributed by atoms with Crippen molar-refractivity contribution in [1.82, 2.24) is 0 Å². The summed E-state index contributed by atoms with van der Waals surface area (Å²) in [6.07, 6.45) is 0.906. The van der Waals surface area contributed by atoms with Crippen molar-refractivity contribution in [3.63, 3.8) is 0 Å². The van der Waals surface area contributed by atoms with Crippen LogP contribution >= 0.6 is 0 Å². The molecule has 0 bridgehead atoms. The summed E-state index contributed by atoms with van der Waals surface area (Å²) in [5.41, 5.74) is 0. The summed E-state index contributed by atoms with van der Waals surface area (Å²) in [5, 5.41) is 0. The fourth-order valence-corrected chi connectivity index (χ4v) is 0.863. The maximum atomic E-state index is 5.28. The Labute approximate surface area is 61.3 Å². The summed E-state index contributed by atoms with van der Waals surface area (Å²) >= 11 is 0. The Bertz CT molecular complexity index is 76.9. The first kappa shape index (κ1) is 7.98. The summed E-state index contributed by atoms with van der Waals surface area (Å²) in [6, 6.07) is 0. The minimum atomic E-state index is -0.0103. The van der Waals surface area contributed by atoms with Crippen molar-refractivity contribution in [1.29, 1.82) is 0 Å². The van der Waals surface area contributed by atoms with E-state index in [-0.39, 0.29) is 6.29 Å². The van der Waals surface area contributed by atoms with Gasteiger partial charge in [-0.15, -0.1) is 0 Å². The van der Waals surface area contributed by atoms with E-state index in [0.717, 1.165) is 6.42 Å². The van der Waals surface area contributed by atoms with E-state index >= 15 is 0 Å². The molecule has 3 nitrogen and oxygen atoms in total. The van der Waals surface area contributed by atoms with Crippen molar-refractivity contribution in [2.75, 3.05) is 26.4 Å². The van der Waals surface area contributed by atoms with Gasteiger partial charge < -0.3 is 14.2 Å². The lowest BCUT2D eigenvalue weighted by Gasteiger charge is -2.19. The molecule has 0 radical (unpaired) electrons. The van der Waals surface area contributed by atoms with Gasteiger partial charge in [0.25, 0.3) is 0 Å². The third-order valence-electron chi connectivity index (χ3n) is 1.40. The molecule has 0 atom stereocenters. The van der Waals surface area contributed by atoms with E-state index in [0.29, 0.717) is 26.4 Å². The second-order valence-corrected chi connectivity index (χ2v) is 2.19. The quantitative estimate of drug-likeness (QED) is 0.547. The van der Waals surface area contributed by atoms with Gasteiger partial charge in [0.1, 0.15) is 0 Å². The third kappa shape index (κ3) is 2.64. The number of rotatable bonds is 1. The molecule has 3 heteroatoms. The zero-order valence-electron chi connectivity index (χ0n) is 6.34. The van der Waals surface area contributed by atoms with Crippen molar-refractivity contribution in [3.05, 3.63) is 0 Å². The first-order valence-corrected chi connectivity index (χ1v) is 3.74. The lowest BCUT2D eigenvalue weighted by Crippen LogP contribution is -2.24. The molecule has 0 amide bonds. The summed E-state index contributed by atoms with van der Waals surface area (Å²) in [4.78, 5) is 0. The summed E-state index contributed by atoms with van der Waals surface area (Å²) in [6.45, 7) is 4.74. The molecule has 0 N–H and O–H groups in total. The first-order valence-electron chi connectivity index (χ1n) is 3.74. The Balaban J connectivity index is 2.16. The van der Waals surface area contributed by atoms with Crippen LogP contribution in [0.1, 0.15) is 13.3 Å². The molecule has 0 saturated carbocycles. The molecular formula is C7H14O3. The summed E-state index contributed by atoms with van der Waals surface area (Å²) < 4.78 is 15.7. The van der Waals surface area contributed by atoms with Crippen molar-refractivity contribution in [2.24, 2.45) is 0 Å². The lowest BCUT2D eigenvalue weighted by molar-refractivity contribution is -0.178. The average Bonchev–Trinajstić information content (AvgIpc) is 1.87. The van der Waals surface area contributed by atoms with E-state index in [9.17, 15) is 0 Å². The summed E-state index contributed by atoms with van der Waals surface area (Å²) in [7, 11) is 0. The molecule has 1 aliphatic rings. The predicted octanol–water partition coefficient (Wildman–Crippen LogP) is 0.786. The van der Waals surface area contributed by atoms with Crippen LogP contribution in [-0.4, -0.2) is 32.7 Å². The Morgan fingerprint density at radius 3 is 2.20 bits per heavy atom. The Morgan fingerprint density at radius 2 is 1.70 bits per heavy atom. The van der Waals surface area contributed by atoms with Crippen LogP contribution < -0.4 is 0 Å². The summed E-state index contributed by atoms with van der Waals surface area (Å²) in [5.74, 6) is 0. The molecule has 1 aliphatic heterocycles. The number of hydrogen-bond donors (Lipinski definition) is 0. The molecule has 0 aromatic heterocycles. The SMILES string of the molecule is CCC1OCCOCCO1. The van der Waals surface area contributed by atoms with Crippen molar-refractivity contribution < 1.29 is 14.2 Å². The van der Waals surface area contributed by atoms with Gasteiger partial charge in [0.05, 0.1) is 26.4 Å². The molecule has 60 valence electrons. The highest BCUT2D eigenvalue weighted by Gasteiger charge is 2.08. The minimum absolute atomic E-state index is 0.0103. The van der Waals surface area contributed by atoms with Crippen LogP contribution in [0.3, 0.4) is 0 Å². The van der Waals surface area contributed by atoms with E-state index in [1.54, 1.807) is 0 Å². The van der Waals surface area contributed by atoms with E-state index in [1.807, 2.05) is 6.92 Å². The first-order chi connectivity index (χ1) is 4.93. The van der Waals surface area contributed by atoms with E-state index in [4.69, 9.17) is 14.2 Å². The maximum Gasteiger partial charge on any atom is 0.157 e. The second kappa shape index (κ2) is 4.66. The molecule has 1 rings (SSSR count). The van der Waals surface area contributed by atoms with Gasteiger partial charge in [-0.1, -0.05) is 6.92 Å². The largest absolute Gasteiger partial charge is 0.377 e. The van der Waals surface area contributed by atoms with Gasteiger partial charge in [-0.05, 0) is 6.42 Å². The van der Waals surface area contributed by atoms with Crippen LogP contribution in [0.4, 0.5) is 0 Å². The smallest absolute Gasteiger partial charge is 0.157 e. The van der Waals surface area contributed by atoms with Gasteiger partial charge in [-0.3, -0.25) is 0 Å². The van der Waals surface area contributed by atoms with Crippen molar-refractivity contribution in [3.8, 4) is 0 Å². The van der Waals surface area contributed by atoms with Gasteiger partial charge >= 0.3 is 0 Å². The van der Waals surface area contributed by atoms with Gasteiger partial charge in [-0.2, -0.15) is 0 Å². The zero-order chi connectivity index (χ0) is 7.23. The van der Waals surface area contributed by atoms with Crippen LogP contribution in [0, 0.1) is 0 Å². The van der Waals surface area contributed by atoms with Crippen molar-refractivity contribution in [2.45, 2.75) is 19.6 Å². The molecule has 0 aromatic rings. The number of hydrogen-bond acceptors (Lipinski definition) is 3. The Hall–Kier alpha value is -0.120. The molecule has 0 aromatic carbocycles. The van der Waals surface area contributed by atoms with Crippen LogP contribution in [0.5, 0.6) is 0 Å². The third-order valence-corrected chi connectivity index (χ3v) is 1.40. The highest BCUT2D eigenvalue weighted by molar-refractivity contribution is 4.44. The van der Waals surface area contributed by atoms with Crippen LogP contribution in [0.2, 0.25) is 0 Å². The van der Waals surface area contributed by atoms with Gasteiger partial charge in [0.2, 0.25) is 0 Å². The van der Waals surface area contributed by atoms with Gasteiger partial charge in [0, 0.05) is 0 Å². The fraction of sp³-hybridized carbons (Fsp3) is 1.00. The van der Waals surface area contributed by atoms with Gasteiger partial charge in [-0.25, -0.2) is 0 Å². The van der Waals surface area contributed by atoms with Crippen LogP contribution in [0.25, 0.3) is 0 Å². The second-order valence-electron chi connectivity index (χ2n) is 2.19. The Kier molecular flexibility index (Phi) is 3.72. The standard InChI is InChI=1S/C7H14O3/c1-2-7-9-5-3-8-4-6-10-7/h7H,2-6H2,1H3. The minimum Gasteiger partial charge on any atom is -0.377 e. The highest BCUT2D eigenvalue weighted by atomic mass is 16.7.